The zero-order valence-corrected chi connectivity index (χ0v) is 14.4. The van der Waals surface area contributed by atoms with E-state index in [9.17, 15) is 5.53 Å². The summed E-state index contributed by atoms with van der Waals surface area (Å²) in [7, 11) is 0. The van der Waals surface area contributed by atoms with E-state index in [-0.39, 0.29) is 0 Å². The van der Waals surface area contributed by atoms with Gasteiger partial charge in [-0.15, -0.1) is 0 Å². The van der Waals surface area contributed by atoms with Crippen LogP contribution in [0.15, 0.2) is 85.5 Å². The Bertz CT molecular complexity index is 1120. The fraction of sp³-hybridized carbons (Fsp3) is 0. The van der Waals surface area contributed by atoms with E-state index in [1.807, 2.05) is 24.3 Å². The Labute approximate surface area is 156 Å². The van der Waals surface area contributed by atoms with Gasteiger partial charge in [0.1, 0.15) is 0 Å². The molecule has 1 aliphatic rings. The van der Waals surface area contributed by atoms with Crippen molar-refractivity contribution in [2.45, 2.75) is 0 Å². The van der Waals surface area contributed by atoms with Gasteiger partial charge < -0.3 is 5.53 Å². The van der Waals surface area contributed by atoms with E-state index in [1.54, 1.807) is 24.8 Å². The molecule has 0 aliphatic heterocycles. The Balaban J connectivity index is 1.66. The first-order valence-corrected chi connectivity index (χ1v) is 8.67. The average Bonchev–Trinajstić information content (AvgIpc) is 3.07. The van der Waals surface area contributed by atoms with Gasteiger partial charge in [0, 0.05) is 24.8 Å². The minimum absolute atomic E-state index is 0.604. The minimum Gasteiger partial charge on any atom is -0.361 e. The van der Waals surface area contributed by atoms with Crippen LogP contribution < -0.4 is 0 Å². The smallest absolute Gasteiger partial charge is 0.330 e. The zero-order chi connectivity index (χ0) is 18.2. The lowest BCUT2D eigenvalue weighted by atomic mass is 9.99. The van der Waals surface area contributed by atoms with E-state index in [4.69, 9.17) is 0 Å². The van der Waals surface area contributed by atoms with Crippen LogP contribution in [0.2, 0.25) is 0 Å². The summed E-state index contributed by atoms with van der Waals surface area (Å²) in [6.07, 6.45) is 7.11. The van der Waals surface area contributed by atoms with Gasteiger partial charge in [-0.3, -0.25) is 9.97 Å². The molecule has 2 heterocycles. The van der Waals surface area contributed by atoms with Gasteiger partial charge in [0.2, 0.25) is 0 Å². The summed E-state index contributed by atoms with van der Waals surface area (Å²) in [4.78, 5) is 11.8. The highest BCUT2D eigenvalue weighted by Crippen LogP contribution is 2.40. The molecule has 4 heteroatoms. The Morgan fingerprint density at radius 1 is 0.519 bits per heavy atom. The first-order chi connectivity index (χ1) is 13.3. The van der Waals surface area contributed by atoms with Crippen molar-refractivity contribution in [2.24, 2.45) is 0 Å². The molecule has 27 heavy (non-hydrogen) atoms. The summed E-state index contributed by atoms with van der Waals surface area (Å²) >= 11 is 0. The van der Waals surface area contributed by atoms with Gasteiger partial charge in [0.15, 0.2) is 0 Å². The minimum atomic E-state index is 0.604. The van der Waals surface area contributed by atoms with Gasteiger partial charge >= 0.3 is 5.71 Å². The third-order valence-electron chi connectivity index (χ3n) is 4.97. The molecule has 4 nitrogen and oxygen atoms in total. The molecule has 2 aromatic heterocycles. The van der Waals surface area contributed by atoms with E-state index in [1.165, 1.54) is 0 Å². The van der Waals surface area contributed by atoms with E-state index in [0.29, 0.717) is 5.71 Å². The van der Waals surface area contributed by atoms with E-state index in [0.717, 1.165) is 44.5 Å². The largest absolute Gasteiger partial charge is 0.361 e. The monoisotopic (exact) mass is 346 g/mol. The second kappa shape index (κ2) is 6.13. The molecule has 0 N–H and O–H groups in total. The topological polar surface area (TPSA) is 62.2 Å². The molecule has 0 atom stereocenters. The Hall–Kier alpha value is -3.88. The maximum Gasteiger partial charge on any atom is 0.330 e. The van der Waals surface area contributed by atoms with Crippen molar-refractivity contribution in [3.8, 4) is 33.4 Å². The number of hydrogen-bond donors (Lipinski definition) is 0. The predicted molar refractivity (Wildman–Crippen MR) is 105 cm³/mol. The molecule has 4 aromatic rings. The molecular weight excluding hydrogens is 332 g/mol. The summed E-state index contributed by atoms with van der Waals surface area (Å²) in [5.41, 5.74) is 18.7. The van der Waals surface area contributed by atoms with Gasteiger partial charge in [-0.1, -0.05) is 24.3 Å². The van der Waals surface area contributed by atoms with Crippen molar-refractivity contribution < 1.29 is 4.79 Å². The van der Waals surface area contributed by atoms with Crippen LogP contribution in [0, 0.1) is 0 Å². The number of benzene rings is 2. The second-order valence-corrected chi connectivity index (χ2v) is 6.44. The number of fused-ring (bicyclic) bond motifs is 3. The van der Waals surface area contributed by atoms with Gasteiger partial charge in [-0.25, -0.2) is 0 Å². The molecule has 126 valence electrons. The highest BCUT2D eigenvalue weighted by molar-refractivity contribution is 6.22. The van der Waals surface area contributed by atoms with E-state index in [2.05, 4.69) is 51.2 Å². The summed E-state index contributed by atoms with van der Waals surface area (Å²) in [5.74, 6) is 0. The number of pyridine rings is 2. The molecule has 0 spiro atoms. The van der Waals surface area contributed by atoms with Crippen molar-refractivity contribution in [2.75, 3.05) is 0 Å². The third-order valence-corrected chi connectivity index (χ3v) is 4.97. The molecule has 0 radical (unpaired) electrons. The first-order valence-electron chi connectivity index (χ1n) is 8.67. The molecule has 0 fully saturated rings. The van der Waals surface area contributed by atoms with Gasteiger partial charge in [0.25, 0.3) is 0 Å². The number of rotatable bonds is 2. The van der Waals surface area contributed by atoms with E-state index >= 15 is 0 Å². The Morgan fingerprint density at radius 3 is 1.37 bits per heavy atom. The Morgan fingerprint density at radius 2 is 0.963 bits per heavy atom. The standard InChI is InChI=1S/C23H14N4/c24-27-23-21-13-17(15-5-9-25-10-6-15)1-3-19(21)20-4-2-18(14-22(20)23)16-7-11-26-12-8-16/h1-14H. The zero-order valence-electron chi connectivity index (χ0n) is 14.4. The predicted octanol–water partition coefficient (Wildman–Crippen LogP) is 4.86. The number of nitrogens with zero attached hydrogens (tertiary/aromatic N) is 4. The fourth-order valence-electron chi connectivity index (χ4n) is 3.65. The normalized spacial score (nSPS) is 11.6. The summed E-state index contributed by atoms with van der Waals surface area (Å²) in [6, 6.07) is 20.4. The van der Waals surface area contributed by atoms with Crippen LogP contribution in [0.3, 0.4) is 0 Å². The van der Waals surface area contributed by atoms with Crippen molar-refractivity contribution in [3.63, 3.8) is 0 Å². The molecular formula is C23H14N4. The third kappa shape index (κ3) is 2.48. The van der Waals surface area contributed by atoms with Crippen LogP contribution in [-0.2, 0) is 0 Å². The quantitative estimate of drug-likeness (QED) is 0.338. The molecule has 1 aliphatic carbocycles. The molecule has 0 bridgehead atoms. The highest BCUT2D eigenvalue weighted by Gasteiger charge is 2.31. The maximum atomic E-state index is 9.75. The second-order valence-electron chi connectivity index (χ2n) is 6.44. The fourth-order valence-corrected chi connectivity index (χ4v) is 3.65. The lowest BCUT2D eigenvalue weighted by molar-refractivity contribution is -0.00242. The van der Waals surface area contributed by atoms with Gasteiger partial charge in [-0.2, -0.15) is 4.79 Å². The molecule has 2 aromatic carbocycles. The summed E-state index contributed by atoms with van der Waals surface area (Å²) in [6.45, 7) is 0. The van der Waals surface area contributed by atoms with Crippen molar-refractivity contribution in [1.29, 1.82) is 0 Å². The van der Waals surface area contributed by atoms with Crippen molar-refractivity contribution >= 4 is 5.71 Å². The lowest BCUT2D eigenvalue weighted by Crippen LogP contribution is -1.99. The summed E-state index contributed by atoms with van der Waals surface area (Å²) < 4.78 is 0. The van der Waals surface area contributed by atoms with Crippen LogP contribution >= 0.6 is 0 Å². The van der Waals surface area contributed by atoms with Crippen molar-refractivity contribution in [3.05, 3.63) is 102 Å². The number of hydrogen-bond acceptors (Lipinski definition) is 2. The maximum absolute atomic E-state index is 9.75. The van der Waals surface area contributed by atoms with Gasteiger partial charge in [-0.05, 0) is 69.8 Å². The average molecular weight is 346 g/mol. The van der Waals surface area contributed by atoms with Crippen molar-refractivity contribution in [1.82, 2.24) is 9.97 Å². The molecule has 0 saturated heterocycles. The van der Waals surface area contributed by atoms with Crippen LogP contribution in [-0.4, -0.2) is 20.5 Å². The highest BCUT2D eigenvalue weighted by atomic mass is 14.9. The molecule has 0 amide bonds. The van der Waals surface area contributed by atoms with Crippen LogP contribution in [0.5, 0.6) is 0 Å². The Kier molecular flexibility index (Phi) is 3.49. The first kappa shape index (κ1) is 15.4. The van der Waals surface area contributed by atoms with Crippen LogP contribution in [0.4, 0.5) is 0 Å². The van der Waals surface area contributed by atoms with Crippen LogP contribution in [0.1, 0.15) is 11.1 Å². The van der Waals surface area contributed by atoms with E-state index < -0.39 is 0 Å². The summed E-state index contributed by atoms with van der Waals surface area (Å²) in [5, 5.41) is 0. The SMILES string of the molecule is [N-]=[N+]=C1c2cc(-c3ccncc3)ccc2-c2ccc(-c3ccncc3)cc21. The molecule has 0 unspecified atom stereocenters. The molecule has 5 rings (SSSR count). The molecule has 0 saturated carbocycles. The lowest BCUT2D eigenvalue weighted by Gasteiger charge is -2.05. The number of aromatic nitrogens is 2. The van der Waals surface area contributed by atoms with Gasteiger partial charge in [0.05, 0.1) is 11.1 Å². The van der Waals surface area contributed by atoms with Crippen LogP contribution in [0.25, 0.3) is 38.9 Å².